The molecule has 0 saturated carbocycles. The van der Waals surface area contributed by atoms with Crippen molar-refractivity contribution in [2.75, 3.05) is 137 Å². The number of carboxylic acid groups (broad SMARTS) is 1. The van der Waals surface area contributed by atoms with E-state index in [1.807, 2.05) is 14.7 Å². The van der Waals surface area contributed by atoms with Crippen molar-refractivity contribution in [3.8, 4) is 23.0 Å². The normalized spacial score (nSPS) is 21.5. The maximum absolute atomic E-state index is 14.2. The fourth-order valence-electron chi connectivity index (χ4n) is 9.34. The molecule has 8 rings (SSSR count). The maximum atomic E-state index is 14.2. The summed E-state index contributed by atoms with van der Waals surface area (Å²) in [4.78, 5) is 131. The highest BCUT2D eigenvalue weighted by atomic mass is 16.4. The van der Waals surface area contributed by atoms with Crippen molar-refractivity contribution in [1.29, 1.82) is 0 Å². The van der Waals surface area contributed by atoms with Crippen molar-refractivity contribution < 1.29 is 68.7 Å². The predicted molar refractivity (Wildman–Crippen MR) is 288 cm³/mol. The Labute approximate surface area is 460 Å². The summed E-state index contributed by atoms with van der Waals surface area (Å²) in [6.07, 6.45) is 0. The molecule has 2 atom stereocenters. The van der Waals surface area contributed by atoms with Crippen LogP contribution >= 0.6 is 0 Å². The van der Waals surface area contributed by atoms with E-state index >= 15 is 0 Å². The minimum absolute atomic E-state index is 0.000323. The molecule has 0 aliphatic carbocycles. The van der Waals surface area contributed by atoms with E-state index < -0.39 is 82.8 Å². The smallest absolute Gasteiger partial charge is 0.323 e. The van der Waals surface area contributed by atoms with Crippen LogP contribution in [0.15, 0.2) is 72.8 Å². The van der Waals surface area contributed by atoms with Crippen LogP contribution in [-0.2, 0) is 4.79 Å². The zero-order valence-electron chi connectivity index (χ0n) is 43.9. The van der Waals surface area contributed by atoms with Gasteiger partial charge in [-0.1, -0.05) is 24.3 Å². The number of carbonyl (C=O) groups excluding carboxylic acids is 8. The Hall–Kier alpha value is -8.85. The van der Waals surface area contributed by atoms with Crippen LogP contribution in [0.5, 0.6) is 23.0 Å². The van der Waals surface area contributed by atoms with Gasteiger partial charge in [-0.25, -0.2) is 0 Å². The highest BCUT2D eigenvalue weighted by Gasteiger charge is 2.28. The third-order valence-electron chi connectivity index (χ3n) is 13.8. The number of aromatic hydroxyl groups is 4. The van der Waals surface area contributed by atoms with Gasteiger partial charge in [-0.3, -0.25) is 62.8 Å². The van der Waals surface area contributed by atoms with Gasteiger partial charge in [-0.2, -0.15) is 0 Å². The molecule has 4 heterocycles. The van der Waals surface area contributed by atoms with Crippen LogP contribution < -0.4 is 37.2 Å². The number of phenolic OH excluding ortho intramolecular Hbond substituents is 4. The number of rotatable bonds is 2. The van der Waals surface area contributed by atoms with E-state index in [1.165, 1.54) is 72.8 Å². The van der Waals surface area contributed by atoms with E-state index in [2.05, 4.69) is 37.2 Å². The van der Waals surface area contributed by atoms with Gasteiger partial charge in [-0.05, 0) is 48.5 Å². The van der Waals surface area contributed by atoms with Crippen molar-refractivity contribution in [2.24, 2.45) is 0 Å². The van der Waals surface area contributed by atoms with Gasteiger partial charge >= 0.3 is 5.97 Å². The summed E-state index contributed by atoms with van der Waals surface area (Å²) < 4.78 is 0. The summed E-state index contributed by atoms with van der Waals surface area (Å²) in [5.41, 5.74) is -1.66. The number of benzene rings is 4. The Morgan fingerprint density at radius 3 is 0.762 bits per heavy atom. The van der Waals surface area contributed by atoms with Gasteiger partial charge in [0.05, 0.1) is 44.5 Å². The fraction of sp³-hybridized carbons (Fsp3) is 0.389. The Morgan fingerprint density at radius 1 is 0.325 bits per heavy atom. The lowest BCUT2D eigenvalue weighted by molar-refractivity contribution is -0.137. The van der Waals surface area contributed by atoms with Crippen molar-refractivity contribution in [2.45, 2.75) is 0 Å². The van der Waals surface area contributed by atoms with Crippen molar-refractivity contribution >= 4 is 53.2 Å². The lowest BCUT2D eigenvalue weighted by Crippen LogP contribution is -2.47. The third-order valence-corrected chi connectivity index (χ3v) is 13.8. The number of fused-ring (bicyclic) bond motifs is 16. The molecular weight excluding hydrogens is 1040 g/mol. The molecule has 4 aliphatic heterocycles. The first-order valence-electron chi connectivity index (χ1n) is 26.2. The molecule has 426 valence electrons. The highest BCUT2D eigenvalue weighted by Crippen LogP contribution is 2.27. The van der Waals surface area contributed by atoms with Crippen LogP contribution in [0.4, 0.5) is 0 Å². The second-order valence-corrected chi connectivity index (χ2v) is 19.1. The maximum Gasteiger partial charge on any atom is 0.323 e. The Balaban J connectivity index is 1.32. The minimum Gasteiger partial charge on any atom is -0.506 e. The molecule has 80 heavy (non-hydrogen) atoms. The molecule has 12 N–H and O–H groups in total. The summed E-state index contributed by atoms with van der Waals surface area (Å²) in [5, 5.41) is 74.8. The average Bonchev–Trinajstić information content (AvgIpc) is 3.42. The molecule has 26 heteroatoms. The molecule has 8 amide bonds. The standard InChI is InChI=1S/C54H66N12O14/c67-42(68)33-66-32-31-65-26-19-61-52(78)39-10-3-9-38(45(39)71)49(75)57-15-22-63(23-18-60-53(79)40-11-4-12-41(46(40)72)54(66)80)28-27-62-20-13-55-47(73)34-5-1-7-36(43(34)69)50(76)58-16-24-64(29-30-65)25-17-59-51(77)37-8-2-6-35(44(37)70)48(74)56-14-21-62/h1-12,69-72H,13-33H2,(H,55,73)(H,56,74)(H,57,75)(H,58,76)(H,59,77)(H,60,79)(H,61,78)(H,67,68). The molecule has 0 aromatic heterocycles. The van der Waals surface area contributed by atoms with E-state index in [1.54, 1.807) is 4.90 Å². The Kier molecular flexibility index (Phi) is 20.7. The van der Waals surface area contributed by atoms with E-state index in [9.17, 15) is 68.7 Å². The molecule has 4 aliphatic rings. The number of carbonyl (C=O) groups is 9. The summed E-state index contributed by atoms with van der Waals surface area (Å²) in [7, 11) is 0. The molecule has 12 bridgehead atoms. The first-order chi connectivity index (χ1) is 38.5. The number of hydrogen-bond acceptors (Lipinski definition) is 17. The van der Waals surface area contributed by atoms with Gasteiger partial charge in [0.15, 0.2) is 0 Å². The summed E-state index contributed by atoms with van der Waals surface area (Å²) in [5.74, 6) is -9.54. The van der Waals surface area contributed by atoms with Crippen molar-refractivity contribution in [3.05, 3.63) is 117 Å². The van der Waals surface area contributed by atoms with Crippen molar-refractivity contribution in [1.82, 2.24) is 61.7 Å². The first-order valence-corrected chi connectivity index (χ1v) is 26.2. The summed E-state index contributed by atoms with van der Waals surface area (Å²) in [6, 6.07) is 16.5. The van der Waals surface area contributed by atoms with Crippen LogP contribution in [0.25, 0.3) is 0 Å². The summed E-state index contributed by atoms with van der Waals surface area (Å²) >= 11 is 0. The topological polar surface area (TPSA) is 355 Å². The van der Waals surface area contributed by atoms with E-state index in [0.717, 1.165) is 4.90 Å². The Bertz CT molecular complexity index is 2890. The number of aliphatic carboxylic acids is 1. The molecule has 4 aromatic rings. The number of phenols is 4. The van der Waals surface area contributed by atoms with Gasteiger partial charge in [0, 0.05) is 131 Å². The van der Waals surface area contributed by atoms with Gasteiger partial charge < -0.3 is 67.7 Å². The molecule has 4 aromatic carbocycles. The SMILES string of the molecule is O=C(O)CN1CCN2CCNC(=O)c3cccc(c3O)C(=O)NCCN(CCNC(=O)c3cccc(c3O)C1=O)CCN1CCNC(=O)c3cccc(c3O)C(=O)NCCN(CCNC(=O)c3cccc(c3O)C(=O)NCC1)CC2. The molecule has 2 unspecified atom stereocenters. The number of nitrogens with one attached hydrogen (secondary N) is 7. The van der Waals surface area contributed by atoms with E-state index in [-0.39, 0.29) is 175 Å². The zero-order valence-corrected chi connectivity index (χ0v) is 43.9. The van der Waals surface area contributed by atoms with Crippen LogP contribution in [-0.4, -0.2) is 241 Å². The minimum atomic E-state index is -1.38. The number of amides is 8. The predicted octanol–water partition coefficient (Wildman–Crippen LogP) is -1.51. The van der Waals surface area contributed by atoms with Gasteiger partial charge in [0.25, 0.3) is 47.3 Å². The van der Waals surface area contributed by atoms with E-state index in [0.29, 0.717) is 0 Å². The lowest BCUT2D eigenvalue weighted by Gasteiger charge is -2.30. The number of nitrogens with zero attached hydrogens (tertiary/aromatic N) is 5. The second-order valence-electron chi connectivity index (χ2n) is 19.1. The average molecular weight is 1110 g/mol. The van der Waals surface area contributed by atoms with Crippen LogP contribution in [0.1, 0.15) is 82.9 Å². The van der Waals surface area contributed by atoms with Crippen LogP contribution in [0, 0.1) is 0 Å². The number of hydrogen-bond donors (Lipinski definition) is 12. The first kappa shape index (κ1) is 58.8. The van der Waals surface area contributed by atoms with Gasteiger partial charge in [-0.15, -0.1) is 0 Å². The second kappa shape index (κ2) is 28.2. The van der Waals surface area contributed by atoms with Gasteiger partial charge in [0.2, 0.25) is 0 Å². The highest BCUT2D eigenvalue weighted by molar-refractivity contribution is 6.07. The molecule has 26 nitrogen and oxygen atoms in total. The summed E-state index contributed by atoms with van der Waals surface area (Å²) in [6.45, 7) is 0.220. The lowest BCUT2D eigenvalue weighted by atomic mass is 10.1. The number of para-hydroxylation sites is 4. The van der Waals surface area contributed by atoms with E-state index in [4.69, 9.17) is 0 Å². The third kappa shape index (κ3) is 15.5. The number of carboxylic acids is 1. The Morgan fingerprint density at radius 2 is 0.525 bits per heavy atom. The molecule has 0 radical (unpaired) electrons. The molecular formula is C54H66N12O14. The van der Waals surface area contributed by atoms with Crippen molar-refractivity contribution in [3.63, 3.8) is 0 Å². The monoisotopic (exact) mass is 1110 g/mol. The fourth-order valence-corrected chi connectivity index (χ4v) is 9.34. The zero-order chi connectivity index (χ0) is 57.3. The molecule has 0 saturated heterocycles. The largest absolute Gasteiger partial charge is 0.506 e. The van der Waals surface area contributed by atoms with Gasteiger partial charge in [0.1, 0.15) is 29.5 Å². The molecule has 0 fully saturated rings. The van der Waals surface area contributed by atoms with Crippen LogP contribution in [0.2, 0.25) is 0 Å². The van der Waals surface area contributed by atoms with Crippen LogP contribution in [0.3, 0.4) is 0 Å². The molecule has 0 spiro atoms. The quantitative estimate of drug-likeness (QED) is 0.109.